The van der Waals surface area contributed by atoms with Gasteiger partial charge in [0.25, 0.3) is 0 Å². The third-order valence-electron chi connectivity index (χ3n) is 2.23. The van der Waals surface area contributed by atoms with Gasteiger partial charge in [0.05, 0.1) is 0 Å². The van der Waals surface area contributed by atoms with Crippen molar-refractivity contribution in [3.8, 4) is 0 Å². The van der Waals surface area contributed by atoms with Crippen molar-refractivity contribution < 1.29 is 19.9 Å². The summed E-state index contributed by atoms with van der Waals surface area (Å²) < 4.78 is 4.94. The van der Waals surface area contributed by atoms with Crippen molar-refractivity contribution in [2.45, 2.75) is 17.9 Å². The normalized spacial score (nSPS) is 13.9. The molecule has 1 aromatic rings. The molecule has 0 atom stereocenters. The summed E-state index contributed by atoms with van der Waals surface area (Å²) in [6, 6.07) is 5.64. The zero-order valence-corrected chi connectivity index (χ0v) is 15.1. The van der Waals surface area contributed by atoms with Gasteiger partial charge < -0.3 is 4.74 Å². The number of halogens is 3. The van der Waals surface area contributed by atoms with Crippen LogP contribution in [0.2, 0.25) is 10.0 Å². The molecule has 0 bridgehead atoms. The van der Waals surface area contributed by atoms with Gasteiger partial charge in [0.1, 0.15) is 0 Å². The predicted molar refractivity (Wildman–Crippen MR) is 69.1 cm³/mol. The Morgan fingerprint density at radius 3 is 2.12 bits per heavy atom. The van der Waals surface area contributed by atoms with E-state index in [1.165, 1.54) is 12.8 Å². The summed E-state index contributed by atoms with van der Waals surface area (Å²) in [6.07, 6.45) is 2.56. The van der Waals surface area contributed by atoms with Crippen molar-refractivity contribution in [3.63, 3.8) is 0 Å². The van der Waals surface area contributed by atoms with Gasteiger partial charge >= 0.3 is 90.8 Å². The van der Waals surface area contributed by atoms with E-state index in [1.807, 2.05) is 18.2 Å². The topological polar surface area (TPSA) is 9.23 Å². The van der Waals surface area contributed by atoms with Gasteiger partial charge in [-0.3, -0.25) is 0 Å². The second-order valence-electron chi connectivity index (χ2n) is 3.46. The van der Waals surface area contributed by atoms with E-state index in [4.69, 9.17) is 27.9 Å². The SMILES string of the molecule is C1CCOC1.Clc1cccc(Cl)c1[CH2][Zn][Br]. The average molecular weight is 377 g/mol. The fourth-order valence-corrected chi connectivity index (χ4v) is 6.21. The van der Waals surface area contributed by atoms with Gasteiger partial charge in [0.2, 0.25) is 0 Å². The summed E-state index contributed by atoms with van der Waals surface area (Å²) >= 11 is 14.8. The molecule has 0 saturated carbocycles. The first kappa shape index (κ1) is 14.9. The molecule has 0 amide bonds. The second-order valence-corrected chi connectivity index (χ2v) is 10.2. The van der Waals surface area contributed by atoms with Crippen LogP contribution in [0.25, 0.3) is 0 Å². The van der Waals surface area contributed by atoms with Crippen molar-refractivity contribution in [2.75, 3.05) is 13.2 Å². The summed E-state index contributed by atoms with van der Waals surface area (Å²) in [6.45, 7) is 2.00. The Morgan fingerprint density at radius 1 is 1.19 bits per heavy atom. The Hall–Kier alpha value is 0.863. The van der Waals surface area contributed by atoms with Crippen LogP contribution in [0.4, 0.5) is 0 Å². The molecule has 1 heterocycles. The van der Waals surface area contributed by atoms with Gasteiger partial charge in [-0.1, -0.05) is 0 Å². The summed E-state index contributed by atoms with van der Waals surface area (Å²) in [5, 5.41) is 2.65. The van der Waals surface area contributed by atoms with Crippen LogP contribution >= 0.6 is 36.8 Å². The van der Waals surface area contributed by atoms with Gasteiger partial charge in [-0.15, -0.1) is 0 Å². The van der Waals surface area contributed by atoms with E-state index >= 15 is 0 Å². The van der Waals surface area contributed by atoms with E-state index in [1.54, 1.807) is 0 Å². The minimum absolute atomic E-state index is 0.558. The van der Waals surface area contributed by atoms with Crippen LogP contribution in [0.1, 0.15) is 18.4 Å². The van der Waals surface area contributed by atoms with Crippen LogP contribution in [-0.4, -0.2) is 13.2 Å². The molecule has 1 fully saturated rings. The quantitative estimate of drug-likeness (QED) is 0.680. The Morgan fingerprint density at radius 2 is 1.75 bits per heavy atom. The van der Waals surface area contributed by atoms with E-state index in [-0.39, 0.29) is 0 Å². The van der Waals surface area contributed by atoms with E-state index in [0.29, 0.717) is 0 Å². The van der Waals surface area contributed by atoms with Gasteiger partial charge in [-0.05, 0) is 12.8 Å². The van der Waals surface area contributed by atoms with E-state index < -0.39 is 15.2 Å². The first-order valence-electron chi connectivity index (χ1n) is 5.32. The van der Waals surface area contributed by atoms with E-state index in [2.05, 4.69) is 13.6 Å². The molecular formula is C11H13BrCl2OZn. The zero-order chi connectivity index (χ0) is 11.8. The molecule has 2 rings (SSSR count). The molecule has 0 aliphatic carbocycles. The van der Waals surface area contributed by atoms with Gasteiger partial charge in [-0.2, -0.15) is 0 Å². The summed E-state index contributed by atoms with van der Waals surface area (Å²) in [7, 11) is 0. The summed E-state index contributed by atoms with van der Waals surface area (Å²) in [5.41, 5.74) is 1.10. The summed E-state index contributed by atoms with van der Waals surface area (Å²) in [5.74, 6) is 0. The Labute approximate surface area is 121 Å². The molecule has 86 valence electrons. The Bertz CT molecular complexity index is 291. The Balaban J connectivity index is 0.000000212. The molecule has 0 N–H and O–H groups in total. The van der Waals surface area contributed by atoms with Crippen molar-refractivity contribution in [2.24, 2.45) is 0 Å². The Kier molecular flexibility index (Phi) is 8.28. The monoisotopic (exact) mass is 374 g/mol. The maximum absolute atomic E-state index is 5.93. The summed E-state index contributed by atoms with van der Waals surface area (Å²) in [4.78, 5) is 0. The van der Waals surface area contributed by atoms with Gasteiger partial charge in [0, 0.05) is 13.2 Å². The molecule has 5 heteroatoms. The molecule has 1 aliphatic heterocycles. The third kappa shape index (κ3) is 5.46. The minimum atomic E-state index is -0.558. The molecule has 0 aromatic heterocycles. The van der Waals surface area contributed by atoms with Crippen molar-refractivity contribution in [1.29, 1.82) is 0 Å². The van der Waals surface area contributed by atoms with Crippen molar-refractivity contribution in [1.82, 2.24) is 0 Å². The molecule has 1 nitrogen and oxygen atoms in total. The first-order valence-corrected chi connectivity index (χ1v) is 15.1. The molecule has 16 heavy (non-hydrogen) atoms. The van der Waals surface area contributed by atoms with Crippen LogP contribution in [0.3, 0.4) is 0 Å². The average Bonchev–Trinajstić information content (AvgIpc) is 2.82. The fraction of sp³-hybridized carbons (Fsp3) is 0.455. The molecule has 0 unspecified atom stereocenters. The number of rotatable bonds is 2. The molecule has 0 spiro atoms. The number of hydrogen-bond acceptors (Lipinski definition) is 1. The molecule has 1 aromatic carbocycles. The van der Waals surface area contributed by atoms with Crippen LogP contribution in [0, 0.1) is 0 Å². The molecule has 1 aliphatic rings. The molecular weight excluding hydrogens is 364 g/mol. The van der Waals surface area contributed by atoms with Gasteiger partial charge in [-0.25, -0.2) is 0 Å². The number of hydrogen-bond donors (Lipinski definition) is 0. The predicted octanol–water partition coefficient (Wildman–Crippen LogP) is 4.68. The zero-order valence-electron chi connectivity index (χ0n) is 9.02. The van der Waals surface area contributed by atoms with Gasteiger partial charge in [0.15, 0.2) is 0 Å². The van der Waals surface area contributed by atoms with Crippen molar-refractivity contribution in [3.05, 3.63) is 33.8 Å². The number of benzene rings is 1. The van der Waals surface area contributed by atoms with Crippen molar-refractivity contribution >= 4 is 36.8 Å². The van der Waals surface area contributed by atoms with Crippen LogP contribution < -0.4 is 0 Å². The second kappa shape index (κ2) is 8.88. The first-order chi connectivity index (χ1) is 7.75. The van der Waals surface area contributed by atoms with E-state index in [9.17, 15) is 0 Å². The standard InChI is InChI=1S/C7H5Cl2.C4H8O.BrH.Zn/c1-5-6(8)3-2-4-7(5)9;1-2-4-5-3-1;;/h2-4H,1H2;1-4H2;1H;/q;;;+1/p-1. The number of ether oxygens (including phenoxy) is 1. The van der Waals surface area contributed by atoms with Crippen LogP contribution in [0.5, 0.6) is 0 Å². The third-order valence-corrected chi connectivity index (χ3v) is 6.45. The van der Waals surface area contributed by atoms with E-state index in [0.717, 1.165) is 33.8 Å². The fourth-order valence-electron chi connectivity index (χ4n) is 1.38. The maximum atomic E-state index is 5.93. The van der Waals surface area contributed by atoms with Crippen LogP contribution in [-0.2, 0) is 24.9 Å². The van der Waals surface area contributed by atoms with Crippen LogP contribution in [0.15, 0.2) is 18.2 Å². The molecule has 1 saturated heterocycles. The molecule has 0 radical (unpaired) electrons.